The van der Waals surface area contributed by atoms with Gasteiger partial charge in [-0.15, -0.1) is 0 Å². The zero-order valence-corrected chi connectivity index (χ0v) is 15.1. The molecule has 4 aromatic rings. The minimum atomic E-state index is -0.465. The summed E-state index contributed by atoms with van der Waals surface area (Å²) in [5.74, 6) is 0.279. The molecule has 0 atom stereocenters. The highest BCUT2D eigenvalue weighted by molar-refractivity contribution is 5.93. The summed E-state index contributed by atoms with van der Waals surface area (Å²) in [6.07, 6.45) is 2.91. The van der Waals surface area contributed by atoms with Crippen molar-refractivity contribution in [3.05, 3.63) is 76.6 Å². The third-order valence-electron chi connectivity index (χ3n) is 4.45. The van der Waals surface area contributed by atoms with Crippen molar-refractivity contribution in [2.45, 2.75) is 26.4 Å². The predicted molar refractivity (Wildman–Crippen MR) is 103 cm³/mol. The highest BCUT2D eigenvalue weighted by atomic mass is 16.2. The van der Waals surface area contributed by atoms with Crippen LogP contribution in [0.3, 0.4) is 0 Å². The van der Waals surface area contributed by atoms with Crippen LogP contribution in [0.2, 0.25) is 0 Å². The van der Waals surface area contributed by atoms with Gasteiger partial charge in [0, 0.05) is 18.4 Å². The van der Waals surface area contributed by atoms with E-state index in [1.807, 2.05) is 24.3 Å². The molecule has 27 heavy (non-hydrogen) atoms. The lowest BCUT2D eigenvalue weighted by Gasteiger charge is -2.13. The van der Waals surface area contributed by atoms with E-state index in [2.05, 4.69) is 33.7 Å². The second kappa shape index (κ2) is 6.68. The smallest absolute Gasteiger partial charge is 0.270 e. The van der Waals surface area contributed by atoms with Crippen molar-refractivity contribution in [2.24, 2.45) is 0 Å². The van der Waals surface area contributed by atoms with Gasteiger partial charge in [0.1, 0.15) is 17.0 Å². The summed E-state index contributed by atoms with van der Waals surface area (Å²) in [5.41, 5.74) is 2.01. The minimum absolute atomic E-state index is 0.00547. The second-order valence-electron chi connectivity index (χ2n) is 6.57. The lowest BCUT2D eigenvalue weighted by atomic mass is 10.3. The minimum Gasteiger partial charge on any atom is -0.345 e. The molecule has 7 nitrogen and oxygen atoms in total. The van der Waals surface area contributed by atoms with Crippen molar-refractivity contribution in [3.63, 3.8) is 0 Å². The Kier molecular flexibility index (Phi) is 4.19. The Morgan fingerprint density at radius 3 is 2.74 bits per heavy atom. The number of hydrogen-bond acceptors (Lipinski definition) is 4. The van der Waals surface area contributed by atoms with Crippen LogP contribution in [0.4, 0.5) is 0 Å². The number of nitrogens with zero attached hydrogens (tertiary/aromatic N) is 4. The first-order valence-corrected chi connectivity index (χ1v) is 8.76. The molecule has 0 saturated heterocycles. The van der Waals surface area contributed by atoms with E-state index in [4.69, 9.17) is 0 Å². The molecule has 0 fully saturated rings. The molecule has 136 valence electrons. The average Bonchev–Trinajstić information content (AvgIpc) is 3.05. The average molecular weight is 361 g/mol. The normalized spacial score (nSPS) is 11.4. The number of para-hydroxylation sites is 2. The number of pyridine rings is 1. The molecule has 0 bridgehead atoms. The second-order valence-corrected chi connectivity index (χ2v) is 6.57. The van der Waals surface area contributed by atoms with Gasteiger partial charge in [-0.2, -0.15) is 0 Å². The van der Waals surface area contributed by atoms with E-state index in [9.17, 15) is 9.59 Å². The van der Waals surface area contributed by atoms with Gasteiger partial charge in [-0.3, -0.25) is 14.0 Å². The Labute approximate surface area is 155 Å². The summed E-state index contributed by atoms with van der Waals surface area (Å²) < 4.78 is 3.44. The van der Waals surface area contributed by atoms with Crippen LogP contribution in [0.25, 0.3) is 16.7 Å². The highest BCUT2D eigenvalue weighted by Gasteiger charge is 2.16. The van der Waals surface area contributed by atoms with Crippen LogP contribution in [0.15, 0.2) is 59.7 Å². The highest BCUT2D eigenvalue weighted by Crippen LogP contribution is 2.20. The maximum atomic E-state index is 12.6. The summed E-state index contributed by atoms with van der Waals surface area (Å²) in [6, 6.07) is 13.3. The first-order valence-electron chi connectivity index (χ1n) is 8.76. The number of fused-ring (bicyclic) bond motifs is 2. The zero-order chi connectivity index (χ0) is 19.0. The van der Waals surface area contributed by atoms with Gasteiger partial charge in [-0.25, -0.2) is 9.97 Å². The van der Waals surface area contributed by atoms with E-state index < -0.39 is 11.5 Å². The number of amides is 1. The topological polar surface area (TPSA) is 81.3 Å². The van der Waals surface area contributed by atoms with E-state index in [0.717, 1.165) is 16.9 Å². The fraction of sp³-hybridized carbons (Fsp3) is 0.200. The van der Waals surface area contributed by atoms with E-state index in [1.165, 1.54) is 10.6 Å². The Morgan fingerprint density at radius 2 is 1.93 bits per heavy atom. The molecule has 3 aromatic heterocycles. The van der Waals surface area contributed by atoms with Gasteiger partial charge in [0.15, 0.2) is 0 Å². The number of imidazole rings is 1. The summed E-state index contributed by atoms with van der Waals surface area (Å²) in [6.45, 7) is 4.36. The molecule has 0 spiro atoms. The molecule has 1 amide bonds. The van der Waals surface area contributed by atoms with E-state index in [0.29, 0.717) is 5.65 Å². The lowest BCUT2D eigenvalue weighted by Crippen LogP contribution is -2.32. The first kappa shape index (κ1) is 17.0. The van der Waals surface area contributed by atoms with Gasteiger partial charge in [-0.05, 0) is 38.1 Å². The molecule has 7 heteroatoms. The van der Waals surface area contributed by atoms with E-state index in [-0.39, 0.29) is 18.2 Å². The molecule has 0 saturated carbocycles. The predicted octanol–water partition coefficient (Wildman–Crippen LogP) is 2.56. The van der Waals surface area contributed by atoms with Gasteiger partial charge < -0.3 is 9.88 Å². The number of carbonyl (C=O) groups excluding carboxylic acids is 1. The Hall–Kier alpha value is -3.48. The summed E-state index contributed by atoms with van der Waals surface area (Å²) in [7, 11) is 0. The molecule has 3 heterocycles. The van der Waals surface area contributed by atoms with Crippen LogP contribution in [0.1, 0.15) is 36.1 Å². The molecular weight excluding hydrogens is 342 g/mol. The molecular formula is C20H19N5O2. The molecule has 0 unspecified atom stereocenters. The van der Waals surface area contributed by atoms with Crippen molar-refractivity contribution < 1.29 is 4.79 Å². The summed E-state index contributed by atoms with van der Waals surface area (Å²) in [5, 5.41) is 2.80. The number of carbonyl (C=O) groups is 1. The van der Waals surface area contributed by atoms with Gasteiger partial charge in [0.2, 0.25) is 0 Å². The van der Waals surface area contributed by atoms with Crippen LogP contribution in [0, 0.1) is 0 Å². The largest absolute Gasteiger partial charge is 0.345 e. The Morgan fingerprint density at radius 1 is 1.15 bits per heavy atom. The van der Waals surface area contributed by atoms with E-state index >= 15 is 0 Å². The number of nitrogens with one attached hydrogen (secondary N) is 1. The Bertz CT molecular complexity index is 1210. The van der Waals surface area contributed by atoms with Gasteiger partial charge >= 0.3 is 0 Å². The van der Waals surface area contributed by atoms with Gasteiger partial charge in [0.25, 0.3) is 11.5 Å². The van der Waals surface area contributed by atoms with Crippen molar-refractivity contribution in [1.29, 1.82) is 0 Å². The fourth-order valence-electron chi connectivity index (χ4n) is 3.23. The van der Waals surface area contributed by atoms with Crippen molar-refractivity contribution in [2.75, 3.05) is 0 Å². The van der Waals surface area contributed by atoms with Crippen LogP contribution < -0.4 is 10.9 Å². The van der Waals surface area contributed by atoms with Crippen LogP contribution in [-0.4, -0.2) is 24.8 Å². The Balaban J connectivity index is 1.64. The first-order chi connectivity index (χ1) is 13.1. The van der Waals surface area contributed by atoms with Crippen LogP contribution in [0.5, 0.6) is 0 Å². The number of hydrogen-bond donors (Lipinski definition) is 1. The number of aromatic nitrogens is 4. The quantitative estimate of drug-likeness (QED) is 0.606. The van der Waals surface area contributed by atoms with Crippen molar-refractivity contribution in [1.82, 2.24) is 24.3 Å². The van der Waals surface area contributed by atoms with Crippen LogP contribution >= 0.6 is 0 Å². The molecule has 0 aliphatic heterocycles. The van der Waals surface area contributed by atoms with Crippen LogP contribution in [-0.2, 0) is 6.54 Å². The fourth-order valence-corrected chi connectivity index (χ4v) is 3.23. The zero-order valence-electron chi connectivity index (χ0n) is 15.1. The summed E-state index contributed by atoms with van der Waals surface area (Å²) >= 11 is 0. The van der Waals surface area contributed by atoms with E-state index in [1.54, 1.807) is 24.4 Å². The molecule has 4 rings (SSSR count). The monoisotopic (exact) mass is 361 g/mol. The van der Waals surface area contributed by atoms with Gasteiger partial charge in [0.05, 0.1) is 17.6 Å². The standard InChI is InChI=1S/C20H19N5O2/c1-13(2)25-16-8-4-3-7-15(16)23-18(25)12-22-19(26)14-11-21-17-9-5-6-10-24(17)20(14)27/h3-11,13H,12H2,1-2H3,(H,22,26). The molecule has 1 N–H and O–H groups in total. The van der Waals surface area contributed by atoms with Crippen molar-refractivity contribution in [3.8, 4) is 0 Å². The maximum absolute atomic E-state index is 12.6. The third kappa shape index (κ3) is 2.97. The molecule has 0 aliphatic carbocycles. The summed E-state index contributed by atoms with van der Waals surface area (Å²) in [4.78, 5) is 33.9. The van der Waals surface area contributed by atoms with Gasteiger partial charge in [-0.1, -0.05) is 18.2 Å². The maximum Gasteiger partial charge on any atom is 0.270 e. The number of benzene rings is 1. The van der Waals surface area contributed by atoms with Crippen molar-refractivity contribution >= 4 is 22.6 Å². The number of rotatable bonds is 4. The SMILES string of the molecule is CC(C)n1c(CNC(=O)c2cnc3ccccn3c2=O)nc2ccccc21. The lowest BCUT2D eigenvalue weighted by molar-refractivity contribution is 0.0947. The molecule has 0 aliphatic rings. The molecule has 0 radical (unpaired) electrons. The third-order valence-corrected chi connectivity index (χ3v) is 4.45. The molecule has 1 aromatic carbocycles.